The van der Waals surface area contributed by atoms with Crippen LogP contribution < -0.4 is 5.32 Å². The molecule has 0 radical (unpaired) electrons. The largest absolute Gasteiger partial charge is 0.341 e. The van der Waals surface area contributed by atoms with E-state index in [0.717, 1.165) is 36.5 Å². The van der Waals surface area contributed by atoms with Gasteiger partial charge < -0.3 is 10.2 Å². The van der Waals surface area contributed by atoms with Crippen LogP contribution >= 0.6 is 11.8 Å². The van der Waals surface area contributed by atoms with E-state index in [1.165, 1.54) is 24.6 Å². The van der Waals surface area contributed by atoms with Gasteiger partial charge in [0.2, 0.25) is 11.8 Å². The topological polar surface area (TPSA) is 49.4 Å². The minimum absolute atomic E-state index is 0.0543. The summed E-state index contributed by atoms with van der Waals surface area (Å²) in [5.41, 5.74) is 0.800. The van der Waals surface area contributed by atoms with Gasteiger partial charge in [-0.1, -0.05) is 36.7 Å². The average molecular weight is 304 g/mol. The minimum atomic E-state index is -1.06. The third kappa shape index (κ3) is 2.67. The van der Waals surface area contributed by atoms with Crippen LogP contribution in [0.3, 0.4) is 0 Å². The van der Waals surface area contributed by atoms with Crippen LogP contribution in [-0.4, -0.2) is 34.6 Å². The molecule has 0 aliphatic carbocycles. The van der Waals surface area contributed by atoms with Crippen molar-refractivity contribution >= 4 is 29.3 Å². The van der Waals surface area contributed by atoms with Crippen molar-refractivity contribution in [2.24, 2.45) is 0 Å². The average Bonchev–Trinajstić information content (AvgIpc) is 2.76. The van der Waals surface area contributed by atoms with Crippen LogP contribution in [0.1, 0.15) is 32.6 Å². The number of hydrogen-bond acceptors (Lipinski definition) is 3. The molecule has 1 fully saturated rings. The lowest BCUT2D eigenvalue weighted by Crippen LogP contribution is -2.53. The monoisotopic (exact) mass is 304 g/mol. The molecule has 0 unspecified atom stereocenters. The van der Waals surface area contributed by atoms with Crippen molar-refractivity contribution in [3.8, 4) is 0 Å². The molecule has 21 heavy (non-hydrogen) atoms. The second-order valence-corrected chi connectivity index (χ2v) is 7.25. The van der Waals surface area contributed by atoms with Gasteiger partial charge in [0.15, 0.2) is 4.75 Å². The van der Waals surface area contributed by atoms with Gasteiger partial charge in [0.05, 0.1) is 5.69 Å². The Hall–Kier alpha value is -1.49. The van der Waals surface area contributed by atoms with Crippen molar-refractivity contribution < 1.29 is 9.59 Å². The predicted octanol–water partition coefficient (Wildman–Crippen LogP) is 2.89. The van der Waals surface area contributed by atoms with Crippen molar-refractivity contribution in [1.29, 1.82) is 0 Å². The Kier molecular flexibility index (Phi) is 3.93. The second-order valence-electron chi connectivity index (χ2n) is 5.79. The van der Waals surface area contributed by atoms with Crippen molar-refractivity contribution in [2.75, 3.05) is 18.4 Å². The first-order valence-corrected chi connectivity index (χ1v) is 8.32. The molecule has 2 aliphatic heterocycles. The Bertz CT molecular complexity index is 567. The Balaban J connectivity index is 1.86. The molecular weight excluding hydrogens is 284 g/mol. The molecule has 0 bridgehead atoms. The number of carbonyl (C=O) groups excluding carboxylic acids is 2. The maximum absolute atomic E-state index is 12.9. The number of carbonyl (C=O) groups is 2. The number of para-hydroxylation sites is 1. The summed E-state index contributed by atoms with van der Waals surface area (Å²) in [5.74, 6) is -0.262. The maximum Gasteiger partial charge on any atom is 0.250 e. The normalized spacial score (nSPS) is 25.8. The highest BCUT2D eigenvalue weighted by atomic mass is 32.2. The summed E-state index contributed by atoms with van der Waals surface area (Å²) in [6, 6.07) is 7.64. The van der Waals surface area contributed by atoms with Crippen LogP contribution in [0.5, 0.6) is 0 Å². The molecule has 0 spiro atoms. The molecule has 3 rings (SSSR count). The van der Waals surface area contributed by atoms with E-state index in [9.17, 15) is 9.59 Å². The van der Waals surface area contributed by atoms with E-state index >= 15 is 0 Å². The summed E-state index contributed by atoms with van der Waals surface area (Å²) in [6.07, 6.45) is 4.40. The molecule has 0 aromatic heterocycles. The molecule has 2 heterocycles. The van der Waals surface area contributed by atoms with Gasteiger partial charge in [0.1, 0.15) is 0 Å². The summed E-state index contributed by atoms with van der Waals surface area (Å²) in [6.45, 7) is 3.28. The number of benzene rings is 1. The molecule has 1 aromatic carbocycles. The first kappa shape index (κ1) is 14.4. The Morgan fingerprint density at radius 1 is 1.19 bits per heavy atom. The van der Waals surface area contributed by atoms with Gasteiger partial charge in [-0.3, -0.25) is 9.59 Å². The molecule has 2 aliphatic rings. The van der Waals surface area contributed by atoms with Crippen LogP contribution in [0.2, 0.25) is 0 Å². The van der Waals surface area contributed by atoms with E-state index in [2.05, 4.69) is 5.32 Å². The van der Waals surface area contributed by atoms with Gasteiger partial charge in [0, 0.05) is 18.0 Å². The molecule has 0 saturated carbocycles. The number of nitrogens with one attached hydrogen (secondary N) is 1. The third-order valence-electron chi connectivity index (χ3n) is 4.18. The summed E-state index contributed by atoms with van der Waals surface area (Å²) in [4.78, 5) is 28.2. The molecular formula is C16H20N2O2S. The lowest BCUT2D eigenvalue weighted by Gasteiger charge is -2.35. The molecule has 112 valence electrons. The summed E-state index contributed by atoms with van der Waals surface area (Å²) < 4.78 is -1.06. The molecule has 2 amide bonds. The fourth-order valence-electron chi connectivity index (χ4n) is 2.88. The number of thioether (sulfide) groups is 1. The smallest absolute Gasteiger partial charge is 0.250 e. The van der Waals surface area contributed by atoms with Crippen molar-refractivity contribution in [3.05, 3.63) is 24.3 Å². The number of nitrogens with zero attached hydrogens (tertiary/aromatic N) is 1. The van der Waals surface area contributed by atoms with Gasteiger partial charge >= 0.3 is 0 Å². The number of amides is 2. The molecule has 1 saturated heterocycles. The van der Waals surface area contributed by atoms with E-state index in [4.69, 9.17) is 0 Å². The van der Waals surface area contributed by atoms with Crippen LogP contribution in [-0.2, 0) is 9.59 Å². The molecule has 1 N–H and O–H groups in total. The van der Waals surface area contributed by atoms with Crippen LogP contribution in [0, 0.1) is 0 Å². The van der Waals surface area contributed by atoms with Gasteiger partial charge in [-0.25, -0.2) is 0 Å². The maximum atomic E-state index is 12.9. The molecule has 4 nitrogen and oxygen atoms in total. The van der Waals surface area contributed by atoms with E-state index in [0.29, 0.717) is 0 Å². The van der Waals surface area contributed by atoms with Crippen molar-refractivity contribution in [3.63, 3.8) is 0 Å². The summed E-state index contributed by atoms with van der Waals surface area (Å²) in [7, 11) is 0. The van der Waals surface area contributed by atoms with Gasteiger partial charge in [-0.15, -0.1) is 0 Å². The third-order valence-corrected chi connectivity index (χ3v) is 5.53. The van der Waals surface area contributed by atoms with Crippen LogP contribution in [0.15, 0.2) is 29.2 Å². The highest BCUT2D eigenvalue weighted by molar-refractivity contribution is 8.02. The quantitative estimate of drug-likeness (QED) is 0.812. The predicted molar refractivity (Wildman–Crippen MR) is 84.4 cm³/mol. The van der Waals surface area contributed by atoms with Crippen molar-refractivity contribution in [2.45, 2.75) is 42.2 Å². The summed E-state index contributed by atoms with van der Waals surface area (Å²) in [5, 5.41) is 2.88. The van der Waals surface area contributed by atoms with Crippen molar-refractivity contribution in [1.82, 2.24) is 4.90 Å². The number of rotatable bonds is 1. The Labute approximate surface area is 129 Å². The summed E-state index contributed by atoms with van der Waals surface area (Å²) >= 11 is 1.37. The van der Waals surface area contributed by atoms with Crippen LogP contribution in [0.4, 0.5) is 5.69 Å². The highest BCUT2D eigenvalue weighted by Gasteiger charge is 2.47. The fourth-order valence-corrected chi connectivity index (χ4v) is 4.06. The SMILES string of the molecule is C[C@@]1(C(=O)N2CCCCCC2)Sc2ccccc2NC1=O. The molecule has 5 heteroatoms. The van der Waals surface area contributed by atoms with Gasteiger partial charge in [0.25, 0.3) is 0 Å². The first-order valence-electron chi connectivity index (χ1n) is 7.50. The fraction of sp³-hybridized carbons (Fsp3) is 0.500. The molecule has 1 aromatic rings. The molecule has 1 atom stereocenters. The zero-order valence-corrected chi connectivity index (χ0v) is 13.0. The number of anilines is 1. The van der Waals surface area contributed by atoms with E-state index in [1.54, 1.807) is 6.92 Å². The minimum Gasteiger partial charge on any atom is -0.341 e. The van der Waals surface area contributed by atoms with E-state index < -0.39 is 4.75 Å². The van der Waals surface area contributed by atoms with E-state index in [1.807, 2.05) is 29.2 Å². The zero-order valence-electron chi connectivity index (χ0n) is 12.2. The standard InChI is InChI=1S/C16H20N2O2S/c1-16(15(20)18-10-6-2-3-7-11-18)14(19)17-12-8-4-5-9-13(12)21-16/h4-5,8-9H,2-3,6-7,10-11H2,1H3,(H,17,19)/t16-/m1/s1. The van der Waals surface area contributed by atoms with Crippen LogP contribution in [0.25, 0.3) is 0 Å². The number of fused-ring (bicyclic) bond motifs is 1. The zero-order chi connectivity index (χ0) is 14.9. The number of hydrogen-bond donors (Lipinski definition) is 1. The lowest BCUT2D eigenvalue weighted by molar-refractivity contribution is -0.137. The van der Waals surface area contributed by atoms with Gasteiger partial charge in [-0.05, 0) is 31.9 Å². The van der Waals surface area contributed by atoms with E-state index in [-0.39, 0.29) is 11.8 Å². The highest BCUT2D eigenvalue weighted by Crippen LogP contribution is 2.43. The number of likely N-dealkylation sites (tertiary alicyclic amines) is 1. The first-order chi connectivity index (χ1) is 10.1. The second kappa shape index (κ2) is 5.72. The lowest BCUT2D eigenvalue weighted by atomic mass is 10.1. The van der Waals surface area contributed by atoms with Gasteiger partial charge in [-0.2, -0.15) is 0 Å². The Morgan fingerprint density at radius 2 is 1.86 bits per heavy atom. The Morgan fingerprint density at radius 3 is 2.57 bits per heavy atom.